The number of aromatic nitrogens is 3. The van der Waals surface area contributed by atoms with Crippen molar-refractivity contribution in [1.82, 2.24) is 24.4 Å². The van der Waals surface area contributed by atoms with E-state index < -0.39 is 32.8 Å². The van der Waals surface area contributed by atoms with Crippen LogP contribution in [0.2, 0.25) is 0 Å². The first-order chi connectivity index (χ1) is 20.8. The van der Waals surface area contributed by atoms with Gasteiger partial charge in [0.05, 0.1) is 25.0 Å². The molecule has 0 aliphatic carbocycles. The van der Waals surface area contributed by atoms with E-state index in [0.717, 1.165) is 10.7 Å². The number of amides is 3. The summed E-state index contributed by atoms with van der Waals surface area (Å²) in [6.07, 6.45) is 1.33. The number of urea groups is 1. The highest BCUT2D eigenvalue weighted by atomic mass is 32.2. The van der Waals surface area contributed by atoms with Gasteiger partial charge in [0.25, 0.3) is 15.9 Å². The fourth-order valence-corrected chi connectivity index (χ4v) is 5.20. The molecule has 0 aliphatic heterocycles. The summed E-state index contributed by atoms with van der Waals surface area (Å²) in [7, 11) is -0.114. The van der Waals surface area contributed by atoms with E-state index in [4.69, 9.17) is 14.2 Å². The molecule has 2 N–H and O–H groups in total. The van der Waals surface area contributed by atoms with Crippen LogP contribution in [0.1, 0.15) is 49.7 Å². The van der Waals surface area contributed by atoms with Crippen LogP contribution in [0, 0.1) is 5.82 Å². The number of anilines is 1. The Morgan fingerprint density at radius 3 is 2.30 bits per heavy atom. The first-order valence-electron chi connectivity index (χ1n) is 13.9. The molecule has 0 saturated carbocycles. The molecule has 15 heteroatoms. The van der Waals surface area contributed by atoms with Crippen molar-refractivity contribution >= 4 is 27.6 Å². The number of methoxy groups -OCH3 is 2. The number of halogens is 1. The van der Waals surface area contributed by atoms with Gasteiger partial charge < -0.3 is 24.4 Å². The summed E-state index contributed by atoms with van der Waals surface area (Å²) in [6.45, 7) is 8.31. The van der Waals surface area contributed by atoms with Crippen LogP contribution >= 0.6 is 0 Å². The van der Waals surface area contributed by atoms with Gasteiger partial charge in [-0.25, -0.2) is 18.9 Å². The second-order valence-corrected chi connectivity index (χ2v) is 12.1. The quantitative estimate of drug-likeness (QED) is 0.270. The van der Waals surface area contributed by atoms with Crippen molar-refractivity contribution in [3.63, 3.8) is 0 Å². The Kier molecular flexibility index (Phi) is 11.8. The lowest BCUT2D eigenvalue weighted by atomic mass is 9.94. The average molecular weight is 635 g/mol. The molecule has 44 heavy (non-hydrogen) atoms. The van der Waals surface area contributed by atoms with Gasteiger partial charge in [-0.15, -0.1) is 0 Å². The summed E-state index contributed by atoms with van der Waals surface area (Å²) in [5, 5.41) is 6.02. The second kappa shape index (κ2) is 15.1. The Bertz CT molecular complexity index is 1570. The number of pyridine rings is 1. The molecule has 2 aromatic heterocycles. The number of nitrogens with one attached hydrogen (secondary N) is 2. The highest BCUT2D eigenvalue weighted by Gasteiger charge is 2.28. The van der Waals surface area contributed by atoms with Crippen molar-refractivity contribution in [2.24, 2.45) is 7.05 Å². The number of aryl methyl sites for hydroxylation is 1. The molecule has 13 nitrogen and oxygen atoms in total. The molecule has 0 spiro atoms. The Morgan fingerprint density at radius 2 is 1.70 bits per heavy atom. The summed E-state index contributed by atoms with van der Waals surface area (Å²) < 4.78 is 60.1. The predicted octanol–water partition coefficient (Wildman–Crippen LogP) is 3.78. The maximum atomic E-state index is 14.8. The van der Waals surface area contributed by atoms with Gasteiger partial charge in [-0.2, -0.15) is 13.5 Å². The van der Waals surface area contributed by atoms with E-state index >= 15 is 0 Å². The molecule has 240 valence electrons. The number of rotatable bonds is 14. The highest BCUT2D eigenvalue weighted by Crippen LogP contribution is 2.37. The molecule has 3 amide bonds. The Hall–Kier alpha value is -4.08. The van der Waals surface area contributed by atoms with Gasteiger partial charge in [-0.05, 0) is 49.1 Å². The molecule has 0 atom stereocenters. The third kappa shape index (κ3) is 8.74. The SMILES string of the molecule is COCCN(CCOC)C(=O)c1cc(S(=O)(=O)NC(=O)Nc2c(-c3ccnc(OC(C)C)c3)cc(F)cc2C(C)C)nn1C. The van der Waals surface area contributed by atoms with E-state index in [9.17, 15) is 22.4 Å². The Labute approximate surface area is 256 Å². The minimum atomic E-state index is -4.53. The average Bonchev–Trinajstić information content (AvgIpc) is 3.35. The number of ether oxygens (including phenoxy) is 3. The number of hydrogen-bond acceptors (Lipinski definition) is 9. The van der Waals surface area contributed by atoms with Crippen molar-refractivity contribution < 1.29 is 36.6 Å². The highest BCUT2D eigenvalue weighted by molar-refractivity contribution is 7.90. The third-order valence-corrected chi connectivity index (χ3v) is 7.60. The van der Waals surface area contributed by atoms with Crippen LogP contribution in [0.5, 0.6) is 5.88 Å². The van der Waals surface area contributed by atoms with Gasteiger partial charge in [0.15, 0.2) is 5.03 Å². The summed E-state index contributed by atoms with van der Waals surface area (Å²) >= 11 is 0. The smallest absolute Gasteiger partial charge is 0.333 e. The zero-order valence-corrected chi connectivity index (χ0v) is 26.7. The summed E-state index contributed by atoms with van der Waals surface area (Å²) in [4.78, 5) is 32.0. The van der Waals surface area contributed by atoms with Crippen LogP contribution in [0.3, 0.4) is 0 Å². The molecule has 1 aromatic carbocycles. The van der Waals surface area contributed by atoms with Gasteiger partial charge >= 0.3 is 6.03 Å². The van der Waals surface area contributed by atoms with Gasteiger partial charge in [-0.3, -0.25) is 9.48 Å². The maximum Gasteiger partial charge on any atom is 0.333 e. The normalized spacial score (nSPS) is 11.6. The van der Waals surface area contributed by atoms with Crippen LogP contribution in [-0.2, 0) is 26.5 Å². The molecule has 0 radical (unpaired) electrons. The van der Waals surface area contributed by atoms with E-state index in [2.05, 4.69) is 15.4 Å². The molecule has 0 unspecified atom stereocenters. The lowest BCUT2D eigenvalue weighted by molar-refractivity contribution is 0.0617. The lowest BCUT2D eigenvalue weighted by Gasteiger charge is -2.21. The molecule has 0 bridgehead atoms. The fraction of sp³-hybridized carbons (Fsp3) is 0.448. The summed E-state index contributed by atoms with van der Waals surface area (Å²) in [5.41, 5.74) is 1.43. The van der Waals surface area contributed by atoms with Crippen LogP contribution in [-0.4, -0.2) is 86.6 Å². The molecular formula is C29H39FN6O7S. The largest absolute Gasteiger partial charge is 0.475 e. The van der Waals surface area contributed by atoms with E-state index in [0.29, 0.717) is 22.6 Å². The fourth-order valence-electron chi connectivity index (χ4n) is 4.30. The van der Waals surface area contributed by atoms with Gasteiger partial charge in [0.1, 0.15) is 11.5 Å². The number of sulfonamides is 1. The Balaban J connectivity index is 1.92. The van der Waals surface area contributed by atoms with Crippen LogP contribution in [0.25, 0.3) is 11.1 Å². The minimum Gasteiger partial charge on any atom is -0.475 e. The zero-order chi connectivity index (χ0) is 32.6. The predicted molar refractivity (Wildman–Crippen MR) is 162 cm³/mol. The van der Waals surface area contributed by atoms with Crippen molar-refractivity contribution in [2.45, 2.75) is 44.7 Å². The minimum absolute atomic E-state index is 0.0157. The number of nitrogens with zero attached hydrogens (tertiary/aromatic N) is 4. The molecular weight excluding hydrogens is 595 g/mol. The topological polar surface area (TPSA) is 154 Å². The standard InChI is InChI=1S/C29H39FN6O7S/c1-18(2)22-15-21(30)16-23(20-8-9-31-25(14-20)43-19(3)4)27(22)32-29(38)34-44(39,40)26-17-24(35(5)33-26)28(37)36(10-12-41-6)11-13-42-7/h8-9,14-19H,10-13H2,1-7H3,(H2,32,34,38). The molecule has 3 aromatic rings. The zero-order valence-electron chi connectivity index (χ0n) is 25.9. The number of carbonyl (C=O) groups is 2. The molecule has 0 aliphatic rings. The van der Waals surface area contributed by atoms with Crippen LogP contribution in [0.4, 0.5) is 14.9 Å². The molecule has 0 fully saturated rings. The monoisotopic (exact) mass is 634 g/mol. The number of carbonyl (C=O) groups excluding carboxylic acids is 2. The molecule has 3 rings (SSSR count). The van der Waals surface area contributed by atoms with Crippen LogP contribution < -0.4 is 14.8 Å². The lowest BCUT2D eigenvalue weighted by Crippen LogP contribution is -2.37. The first-order valence-corrected chi connectivity index (χ1v) is 15.4. The van der Waals surface area contributed by atoms with E-state index in [-0.39, 0.29) is 49.7 Å². The second-order valence-electron chi connectivity index (χ2n) is 10.5. The van der Waals surface area contributed by atoms with Crippen LogP contribution in [0.15, 0.2) is 41.6 Å². The van der Waals surface area contributed by atoms with Gasteiger partial charge in [0.2, 0.25) is 5.88 Å². The van der Waals surface area contributed by atoms with Gasteiger partial charge in [0, 0.05) is 58.2 Å². The van der Waals surface area contributed by atoms with Crippen molar-refractivity contribution in [2.75, 3.05) is 45.8 Å². The number of hydrogen-bond donors (Lipinski definition) is 2. The third-order valence-electron chi connectivity index (χ3n) is 6.39. The summed E-state index contributed by atoms with van der Waals surface area (Å²) in [5.74, 6) is -0.973. The number of benzene rings is 1. The summed E-state index contributed by atoms with van der Waals surface area (Å²) in [6, 6.07) is 5.73. The Morgan fingerprint density at radius 1 is 1.05 bits per heavy atom. The molecule has 2 heterocycles. The van der Waals surface area contributed by atoms with E-state index in [1.54, 1.807) is 12.1 Å². The van der Waals surface area contributed by atoms with E-state index in [1.807, 2.05) is 32.4 Å². The molecule has 0 saturated heterocycles. The maximum absolute atomic E-state index is 14.8. The van der Waals surface area contributed by atoms with Crippen molar-refractivity contribution in [1.29, 1.82) is 0 Å². The van der Waals surface area contributed by atoms with E-state index in [1.165, 1.54) is 44.5 Å². The van der Waals surface area contributed by atoms with Gasteiger partial charge in [-0.1, -0.05) is 13.8 Å². The first kappa shape index (κ1) is 34.4. The van der Waals surface area contributed by atoms with Crippen molar-refractivity contribution in [3.05, 3.63) is 53.6 Å². The van der Waals surface area contributed by atoms with Crippen molar-refractivity contribution in [3.8, 4) is 17.0 Å².